The van der Waals surface area contributed by atoms with E-state index < -0.39 is 5.41 Å². The smallest absolute Gasteiger partial charge is 0.276 e. The van der Waals surface area contributed by atoms with Crippen LogP contribution in [0.1, 0.15) is 69.3 Å². The first-order valence-corrected chi connectivity index (χ1v) is 10.6. The van der Waals surface area contributed by atoms with E-state index in [1.165, 1.54) is 12.7 Å². The Morgan fingerprint density at radius 3 is 2.75 bits per heavy atom. The van der Waals surface area contributed by atoms with Crippen molar-refractivity contribution >= 4 is 11.8 Å². The average molecular weight is 389 g/mol. The van der Waals surface area contributed by atoms with Crippen LogP contribution in [-0.4, -0.2) is 53.0 Å². The van der Waals surface area contributed by atoms with Crippen molar-refractivity contribution in [1.29, 1.82) is 0 Å². The van der Waals surface area contributed by atoms with E-state index in [2.05, 4.69) is 24.1 Å². The van der Waals surface area contributed by atoms with E-state index in [4.69, 9.17) is 9.15 Å². The van der Waals surface area contributed by atoms with Gasteiger partial charge in [0.1, 0.15) is 6.26 Å². The van der Waals surface area contributed by atoms with Crippen molar-refractivity contribution in [2.45, 2.75) is 76.9 Å². The molecule has 0 unspecified atom stereocenters. The summed E-state index contributed by atoms with van der Waals surface area (Å²) in [6, 6.07) is 0.234. The van der Waals surface area contributed by atoms with Crippen LogP contribution in [0.2, 0.25) is 0 Å². The third kappa shape index (κ3) is 3.45. The zero-order valence-electron chi connectivity index (χ0n) is 16.9. The molecule has 0 saturated carbocycles. The third-order valence-corrected chi connectivity index (χ3v) is 6.80. The van der Waals surface area contributed by atoms with Crippen molar-refractivity contribution in [2.75, 3.05) is 13.2 Å². The first-order chi connectivity index (χ1) is 13.5. The molecular formula is C21H31N3O4. The highest BCUT2D eigenvalue weighted by atomic mass is 16.5. The molecule has 1 N–H and O–H groups in total. The molecule has 3 atom stereocenters. The second-order valence-corrected chi connectivity index (χ2v) is 8.99. The number of fused-ring (bicyclic) bond motifs is 2. The minimum atomic E-state index is -0.495. The number of carbonyl (C=O) groups is 2. The van der Waals surface area contributed by atoms with Crippen LogP contribution in [0, 0.1) is 11.3 Å². The molecule has 0 aromatic carbocycles. The second-order valence-electron chi connectivity index (χ2n) is 8.99. The zero-order chi connectivity index (χ0) is 19.7. The molecular weight excluding hydrogens is 358 g/mol. The van der Waals surface area contributed by atoms with Crippen molar-refractivity contribution < 1.29 is 18.7 Å². The summed E-state index contributed by atoms with van der Waals surface area (Å²) in [7, 11) is 0. The Bertz CT molecular complexity index is 699. The van der Waals surface area contributed by atoms with Crippen LogP contribution >= 0.6 is 0 Å². The molecule has 3 saturated heterocycles. The maximum Gasteiger partial charge on any atom is 0.276 e. The van der Waals surface area contributed by atoms with Gasteiger partial charge >= 0.3 is 0 Å². The standard InChI is InChI=1S/C21H31N3O4/c1-14(2)5-8-21(20(26)23-15-6-9-27-10-7-15)11-16-3-4-18(21)24(16)19(25)17-12-28-13-22-17/h12-16,18H,3-11H2,1-2H3,(H,23,26)/t16-,18+,21+/m1/s1. The molecule has 3 aliphatic heterocycles. The van der Waals surface area contributed by atoms with E-state index in [9.17, 15) is 9.59 Å². The summed E-state index contributed by atoms with van der Waals surface area (Å²) >= 11 is 0. The Kier molecular flexibility index (Phi) is 5.45. The predicted molar refractivity (Wildman–Crippen MR) is 103 cm³/mol. The van der Waals surface area contributed by atoms with Gasteiger partial charge < -0.3 is 19.4 Å². The average Bonchev–Trinajstić information content (AvgIpc) is 3.42. The van der Waals surface area contributed by atoms with Gasteiger partial charge in [-0.15, -0.1) is 0 Å². The SMILES string of the molecule is CC(C)CC[C@]1(C(=O)NC2CCOCC2)C[C@H]2CC[C@@H]1N2C(=O)c1cocn1. The highest BCUT2D eigenvalue weighted by molar-refractivity contribution is 5.94. The van der Waals surface area contributed by atoms with Crippen molar-refractivity contribution in [2.24, 2.45) is 11.3 Å². The molecule has 4 heterocycles. The Morgan fingerprint density at radius 1 is 1.29 bits per heavy atom. The second kappa shape index (κ2) is 7.85. The molecule has 0 spiro atoms. The van der Waals surface area contributed by atoms with Gasteiger partial charge in [0.15, 0.2) is 12.1 Å². The topological polar surface area (TPSA) is 84.7 Å². The first-order valence-electron chi connectivity index (χ1n) is 10.6. The van der Waals surface area contributed by atoms with Crippen molar-refractivity contribution in [3.8, 4) is 0 Å². The van der Waals surface area contributed by atoms with Crippen LogP contribution < -0.4 is 5.32 Å². The Balaban J connectivity index is 1.57. The highest BCUT2D eigenvalue weighted by Crippen LogP contribution is 2.53. The van der Waals surface area contributed by atoms with Gasteiger partial charge in [0.25, 0.3) is 5.91 Å². The molecule has 154 valence electrons. The largest absolute Gasteiger partial charge is 0.451 e. The molecule has 7 heteroatoms. The number of hydrogen-bond acceptors (Lipinski definition) is 5. The Morgan fingerprint density at radius 2 is 2.07 bits per heavy atom. The fraction of sp³-hybridized carbons (Fsp3) is 0.762. The van der Waals surface area contributed by atoms with Crippen molar-refractivity contribution in [3.63, 3.8) is 0 Å². The van der Waals surface area contributed by atoms with Crippen LogP contribution in [0.3, 0.4) is 0 Å². The summed E-state index contributed by atoms with van der Waals surface area (Å²) in [4.78, 5) is 32.6. The number of nitrogens with one attached hydrogen (secondary N) is 1. The number of oxazole rings is 1. The van der Waals surface area contributed by atoms with Gasteiger partial charge in [0.05, 0.1) is 5.41 Å². The molecule has 0 radical (unpaired) electrons. The van der Waals surface area contributed by atoms with Gasteiger partial charge in [-0.25, -0.2) is 4.98 Å². The number of rotatable bonds is 6. The molecule has 1 aromatic rings. The summed E-state index contributed by atoms with van der Waals surface area (Å²) < 4.78 is 10.4. The summed E-state index contributed by atoms with van der Waals surface area (Å²) in [5.41, 5.74) is -0.161. The summed E-state index contributed by atoms with van der Waals surface area (Å²) in [5.74, 6) is 0.545. The van der Waals surface area contributed by atoms with Gasteiger partial charge in [0, 0.05) is 31.3 Å². The van der Waals surface area contributed by atoms with E-state index in [-0.39, 0.29) is 29.9 Å². The lowest BCUT2D eigenvalue weighted by molar-refractivity contribution is -0.134. The molecule has 28 heavy (non-hydrogen) atoms. The number of amides is 2. The summed E-state index contributed by atoms with van der Waals surface area (Å²) in [6.07, 6.45) is 8.81. The van der Waals surface area contributed by atoms with Gasteiger partial charge in [-0.05, 0) is 50.9 Å². The molecule has 3 fully saturated rings. The predicted octanol–water partition coefficient (Wildman–Crippen LogP) is 2.77. The van der Waals surface area contributed by atoms with Crippen LogP contribution in [-0.2, 0) is 9.53 Å². The van der Waals surface area contributed by atoms with Crippen molar-refractivity contribution in [3.05, 3.63) is 18.4 Å². The molecule has 2 amide bonds. The monoisotopic (exact) mass is 389 g/mol. The van der Waals surface area contributed by atoms with E-state index >= 15 is 0 Å². The van der Waals surface area contributed by atoms with E-state index in [1.54, 1.807) is 0 Å². The quantitative estimate of drug-likeness (QED) is 0.809. The molecule has 3 aliphatic rings. The fourth-order valence-corrected chi connectivity index (χ4v) is 5.28. The van der Waals surface area contributed by atoms with Gasteiger partial charge in [-0.2, -0.15) is 0 Å². The Labute approximate surface area is 166 Å². The molecule has 0 aliphatic carbocycles. The van der Waals surface area contributed by atoms with Crippen LogP contribution in [0.5, 0.6) is 0 Å². The van der Waals surface area contributed by atoms with E-state index in [0.717, 1.165) is 44.9 Å². The third-order valence-electron chi connectivity index (χ3n) is 6.80. The molecule has 1 aromatic heterocycles. The number of ether oxygens (including phenoxy) is 1. The lowest BCUT2D eigenvalue weighted by Crippen LogP contribution is -2.53. The maximum absolute atomic E-state index is 13.6. The number of aromatic nitrogens is 1. The van der Waals surface area contributed by atoms with Gasteiger partial charge in [-0.3, -0.25) is 9.59 Å². The van der Waals surface area contributed by atoms with Crippen LogP contribution in [0.4, 0.5) is 0 Å². The number of nitrogens with zero attached hydrogens (tertiary/aromatic N) is 2. The number of carbonyl (C=O) groups excluding carboxylic acids is 2. The molecule has 2 bridgehead atoms. The Hall–Kier alpha value is -1.89. The van der Waals surface area contributed by atoms with Crippen LogP contribution in [0.25, 0.3) is 0 Å². The summed E-state index contributed by atoms with van der Waals surface area (Å²) in [6.45, 7) is 5.78. The van der Waals surface area contributed by atoms with E-state index in [0.29, 0.717) is 24.8 Å². The lowest BCUT2D eigenvalue weighted by atomic mass is 9.69. The molecule has 4 rings (SSSR count). The van der Waals surface area contributed by atoms with Gasteiger partial charge in [0.2, 0.25) is 5.91 Å². The van der Waals surface area contributed by atoms with Crippen molar-refractivity contribution in [1.82, 2.24) is 15.2 Å². The van der Waals surface area contributed by atoms with Gasteiger partial charge in [-0.1, -0.05) is 13.8 Å². The van der Waals surface area contributed by atoms with Crippen LogP contribution in [0.15, 0.2) is 17.1 Å². The minimum Gasteiger partial charge on any atom is -0.451 e. The first kappa shape index (κ1) is 19.4. The molecule has 7 nitrogen and oxygen atoms in total. The zero-order valence-corrected chi connectivity index (χ0v) is 16.9. The lowest BCUT2D eigenvalue weighted by Gasteiger charge is -2.38. The minimum absolute atomic E-state index is 0.0553. The summed E-state index contributed by atoms with van der Waals surface area (Å²) in [5, 5.41) is 3.31. The maximum atomic E-state index is 13.6. The van der Waals surface area contributed by atoms with E-state index in [1.807, 2.05) is 4.90 Å². The normalized spacial score (nSPS) is 30.2. The number of hydrogen-bond donors (Lipinski definition) is 1. The fourth-order valence-electron chi connectivity index (χ4n) is 5.28. The highest BCUT2D eigenvalue weighted by Gasteiger charge is 2.61.